The van der Waals surface area contributed by atoms with Crippen LogP contribution >= 0.6 is 0 Å². The second-order valence-corrected chi connectivity index (χ2v) is 5.35. The summed E-state index contributed by atoms with van der Waals surface area (Å²) < 4.78 is 5.73. The number of aliphatic hydroxyl groups excluding tert-OH is 1. The number of morpholine rings is 1. The molecular weight excluding hydrogens is 302 g/mol. The molecule has 0 aromatic carbocycles. The van der Waals surface area contributed by atoms with E-state index in [0.29, 0.717) is 12.6 Å². The molecule has 24 heavy (non-hydrogen) atoms. The molecule has 3 N–H and O–H groups in total. The maximum absolute atomic E-state index is 7.88. The lowest BCUT2D eigenvalue weighted by molar-refractivity contribution is 0.133. The molecule has 144 valence electrons. The van der Waals surface area contributed by atoms with Crippen LogP contribution in [-0.4, -0.2) is 60.8 Å². The molecular formula is C19H41N3O2. The predicted octanol–water partition coefficient (Wildman–Crippen LogP) is 3.17. The highest BCUT2D eigenvalue weighted by Crippen LogP contribution is 2.25. The maximum atomic E-state index is 7.88. The number of hydrogen-bond donors (Lipinski definition) is 2. The van der Waals surface area contributed by atoms with Crippen LogP contribution < -0.4 is 5.73 Å². The Labute approximate surface area is 150 Å². The molecule has 0 aliphatic carbocycles. The van der Waals surface area contributed by atoms with Gasteiger partial charge in [0, 0.05) is 32.8 Å². The van der Waals surface area contributed by atoms with E-state index in [0.717, 1.165) is 50.5 Å². The molecule has 2 rings (SSSR count). The van der Waals surface area contributed by atoms with E-state index in [2.05, 4.69) is 23.3 Å². The van der Waals surface area contributed by atoms with Crippen LogP contribution in [0.4, 0.5) is 0 Å². The molecule has 2 heterocycles. The van der Waals surface area contributed by atoms with Gasteiger partial charge in [0.2, 0.25) is 0 Å². The molecule has 0 radical (unpaired) electrons. The second kappa shape index (κ2) is 15.3. The fourth-order valence-corrected chi connectivity index (χ4v) is 2.23. The largest absolute Gasteiger partial charge is 0.488 e. The smallest absolute Gasteiger partial charge is 0.160 e. The lowest BCUT2D eigenvalue weighted by Gasteiger charge is -2.32. The number of allylic oxidation sites excluding steroid dienone is 1. The summed E-state index contributed by atoms with van der Waals surface area (Å²) in [6.45, 7) is 20.0. The molecule has 0 spiro atoms. The van der Waals surface area contributed by atoms with E-state index in [4.69, 9.17) is 15.6 Å². The molecule has 2 fully saturated rings. The minimum atomic E-state index is 0.296. The molecule has 2 aliphatic rings. The topological polar surface area (TPSA) is 62.0 Å². The van der Waals surface area contributed by atoms with Crippen LogP contribution in [-0.2, 0) is 4.74 Å². The highest BCUT2D eigenvalue weighted by Gasteiger charge is 2.25. The third kappa shape index (κ3) is 8.60. The van der Waals surface area contributed by atoms with Gasteiger partial charge in [0.05, 0.1) is 17.9 Å². The summed E-state index contributed by atoms with van der Waals surface area (Å²) in [5, 5.41) is 7.88. The number of hydrogen-bond acceptors (Lipinski definition) is 5. The zero-order valence-corrected chi connectivity index (χ0v) is 17.1. The van der Waals surface area contributed by atoms with E-state index in [1.54, 1.807) is 0 Å². The van der Waals surface area contributed by atoms with E-state index in [-0.39, 0.29) is 0 Å². The van der Waals surface area contributed by atoms with E-state index in [9.17, 15) is 0 Å². The maximum Gasteiger partial charge on any atom is 0.160 e. The standard InChI is InChI=1S/C12H21N3O.C3H8O.2C2H6/c1-9-12(16-7-6-14(9)3)10(2)15-5-4-11(13)8-15;1-2-3-4;2*1-2/h11H,1,4-8,13H2,2-3H3;4H,2-3H2,1H3;2*1-2H3/b12-10-;;;. The van der Waals surface area contributed by atoms with Crippen LogP contribution in [0.25, 0.3) is 0 Å². The molecule has 2 aliphatic heterocycles. The number of nitrogens with zero attached hydrogens (tertiary/aromatic N) is 2. The minimum absolute atomic E-state index is 0.296. The summed E-state index contributed by atoms with van der Waals surface area (Å²) in [6, 6.07) is 0.296. The third-order valence-corrected chi connectivity index (χ3v) is 3.65. The Morgan fingerprint density at radius 1 is 1.29 bits per heavy atom. The fraction of sp³-hybridized carbons (Fsp3) is 0.789. The van der Waals surface area contributed by atoms with E-state index >= 15 is 0 Å². The van der Waals surface area contributed by atoms with Crippen molar-refractivity contribution in [3.8, 4) is 0 Å². The SMILES string of the molecule is C=C1/C(=C(\C)N2CCC(N)C2)OCCN1C.CC.CC.CCCO. The van der Waals surface area contributed by atoms with E-state index in [1.807, 2.05) is 41.7 Å². The average Bonchev–Trinajstić information content (AvgIpc) is 3.07. The Morgan fingerprint density at radius 2 is 1.83 bits per heavy atom. The molecule has 0 amide bonds. The van der Waals surface area contributed by atoms with Gasteiger partial charge in [-0.25, -0.2) is 0 Å². The van der Waals surface area contributed by atoms with Crippen LogP contribution in [0.15, 0.2) is 23.7 Å². The third-order valence-electron chi connectivity index (χ3n) is 3.65. The van der Waals surface area contributed by atoms with Crippen molar-refractivity contribution < 1.29 is 9.84 Å². The van der Waals surface area contributed by atoms with Gasteiger partial charge in [-0.15, -0.1) is 0 Å². The molecule has 5 nitrogen and oxygen atoms in total. The summed E-state index contributed by atoms with van der Waals surface area (Å²) in [5.74, 6) is 0.933. The summed E-state index contributed by atoms with van der Waals surface area (Å²) in [6.07, 6.45) is 1.94. The van der Waals surface area contributed by atoms with E-state index < -0.39 is 0 Å². The van der Waals surface area contributed by atoms with Crippen molar-refractivity contribution in [2.45, 2.75) is 60.4 Å². The van der Waals surface area contributed by atoms with Gasteiger partial charge >= 0.3 is 0 Å². The number of rotatable bonds is 2. The Bertz CT molecular complexity index is 355. The first kappa shape index (κ1) is 25.0. The molecule has 0 bridgehead atoms. The Kier molecular flexibility index (Phi) is 16.0. The van der Waals surface area contributed by atoms with Crippen molar-refractivity contribution in [1.29, 1.82) is 0 Å². The van der Waals surface area contributed by atoms with Crippen molar-refractivity contribution in [3.05, 3.63) is 23.7 Å². The van der Waals surface area contributed by atoms with Crippen LogP contribution in [0.3, 0.4) is 0 Å². The van der Waals surface area contributed by atoms with Crippen molar-refractivity contribution in [2.75, 3.05) is 39.9 Å². The molecule has 1 atom stereocenters. The first-order chi connectivity index (χ1) is 11.5. The normalized spacial score (nSPS) is 21.4. The average molecular weight is 344 g/mol. The second-order valence-electron chi connectivity index (χ2n) is 5.35. The fourth-order valence-electron chi connectivity index (χ4n) is 2.23. The van der Waals surface area contributed by atoms with Gasteiger partial charge in [-0.2, -0.15) is 0 Å². The summed E-state index contributed by atoms with van der Waals surface area (Å²) in [4.78, 5) is 4.43. The molecule has 2 saturated heterocycles. The quantitative estimate of drug-likeness (QED) is 0.806. The minimum Gasteiger partial charge on any atom is -0.488 e. The summed E-state index contributed by atoms with van der Waals surface area (Å²) in [5.41, 5.74) is 8.06. The number of nitrogens with two attached hydrogens (primary N) is 1. The van der Waals surface area contributed by atoms with Gasteiger partial charge in [-0.1, -0.05) is 41.2 Å². The van der Waals surface area contributed by atoms with Crippen molar-refractivity contribution >= 4 is 0 Å². The van der Waals surface area contributed by atoms with Crippen molar-refractivity contribution in [1.82, 2.24) is 9.80 Å². The number of ether oxygens (including phenoxy) is 1. The number of likely N-dealkylation sites (tertiary alicyclic amines) is 1. The molecule has 0 aromatic heterocycles. The van der Waals surface area contributed by atoms with Crippen molar-refractivity contribution in [2.24, 2.45) is 5.73 Å². The first-order valence-corrected chi connectivity index (χ1v) is 9.36. The van der Waals surface area contributed by atoms with Gasteiger partial charge in [-0.3, -0.25) is 0 Å². The monoisotopic (exact) mass is 343 g/mol. The molecule has 5 heteroatoms. The van der Waals surface area contributed by atoms with Crippen LogP contribution in [0.1, 0.15) is 54.4 Å². The lowest BCUT2D eigenvalue weighted by Crippen LogP contribution is -2.32. The summed E-state index contributed by atoms with van der Waals surface area (Å²) in [7, 11) is 2.05. The van der Waals surface area contributed by atoms with Gasteiger partial charge in [0.1, 0.15) is 6.61 Å². The Hall–Kier alpha value is -1.20. The van der Waals surface area contributed by atoms with E-state index in [1.165, 1.54) is 5.70 Å². The van der Waals surface area contributed by atoms with Crippen LogP contribution in [0, 0.1) is 0 Å². The van der Waals surface area contributed by atoms with Gasteiger partial charge in [-0.05, 0) is 19.8 Å². The zero-order chi connectivity index (χ0) is 19.1. The van der Waals surface area contributed by atoms with Crippen LogP contribution in [0.5, 0.6) is 0 Å². The van der Waals surface area contributed by atoms with Gasteiger partial charge < -0.3 is 25.4 Å². The number of aliphatic hydroxyl groups is 1. The summed E-state index contributed by atoms with van der Waals surface area (Å²) >= 11 is 0. The van der Waals surface area contributed by atoms with Gasteiger partial charge in [0.25, 0.3) is 0 Å². The van der Waals surface area contributed by atoms with Crippen molar-refractivity contribution in [3.63, 3.8) is 0 Å². The Morgan fingerprint density at radius 3 is 2.25 bits per heavy atom. The van der Waals surface area contributed by atoms with Crippen LogP contribution in [0.2, 0.25) is 0 Å². The molecule has 0 saturated carbocycles. The lowest BCUT2D eigenvalue weighted by atomic mass is 10.2. The molecule has 1 unspecified atom stereocenters. The highest BCUT2D eigenvalue weighted by molar-refractivity contribution is 5.27. The molecule has 0 aromatic rings. The zero-order valence-electron chi connectivity index (χ0n) is 17.1. The predicted molar refractivity (Wildman–Crippen MR) is 105 cm³/mol. The number of likely N-dealkylation sites (N-methyl/N-ethyl adjacent to an activating group) is 1. The first-order valence-electron chi connectivity index (χ1n) is 9.36. The Balaban J connectivity index is 0. The van der Waals surface area contributed by atoms with Gasteiger partial charge in [0.15, 0.2) is 5.76 Å². The highest BCUT2D eigenvalue weighted by atomic mass is 16.5.